The summed E-state index contributed by atoms with van der Waals surface area (Å²) in [5, 5.41) is 3.24. The molecule has 4 aliphatic rings. The van der Waals surface area contributed by atoms with Crippen molar-refractivity contribution in [2.75, 3.05) is 0 Å². The summed E-state index contributed by atoms with van der Waals surface area (Å²) in [5.41, 5.74) is 0.651. The first-order valence-electron chi connectivity index (χ1n) is 9.11. The Bertz CT molecular complexity index is 538. The Labute approximate surface area is 134 Å². The average molecular weight is 299 g/mol. The predicted octanol–water partition coefficient (Wildman–Crippen LogP) is 4.09. The van der Waals surface area contributed by atoms with Crippen LogP contribution in [0.2, 0.25) is 0 Å². The number of hydrogen-bond donors (Lipinski definition) is 1. The second-order valence-corrected chi connectivity index (χ2v) is 8.68. The topological polar surface area (TPSA) is 29.1 Å². The van der Waals surface area contributed by atoms with Crippen LogP contribution in [0.1, 0.15) is 52.4 Å². The van der Waals surface area contributed by atoms with Crippen LogP contribution in [-0.4, -0.2) is 11.9 Å². The van der Waals surface area contributed by atoms with Crippen LogP contribution < -0.4 is 5.32 Å². The third kappa shape index (κ3) is 1.76. The van der Waals surface area contributed by atoms with Crippen LogP contribution in [0.4, 0.5) is 0 Å². The molecular weight excluding hydrogens is 270 g/mol. The fourth-order valence-corrected chi connectivity index (χ4v) is 6.76. The number of hydrogen-bond acceptors (Lipinski definition) is 1. The van der Waals surface area contributed by atoms with E-state index in [1.165, 1.54) is 32.1 Å². The van der Waals surface area contributed by atoms with Gasteiger partial charge >= 0.3 is 0 Å². The summed E-state index contributed by atoms with van der Waals surface area (Å²) in [6.45, 7) is 9.04. The van der Waals surface area contributed by atoms with Gasteiger partial charge in [-0.25, -0.2) is 0 Å². The van der Waals surface area contributed by atoms with E-state index in [1.54, 1.807) is 6.08 Å². The standard InChI is InChI=1S/C20H29NO/c1-4-13-5-7-15-14-6-8-17-20(3,12-10-18(22)21-17)16(14)9-11-19(13,15)2/h4,10,12-17H,1,5-9,11H2,2-3H3,(H,21,22). The minimum Gasteiger partial charge on any atom is -0.349 e. The van der Waals surface area contributed by atoms with Gasteiger partial charge in [0.1, 0.15) is 0 Å². The highest BCUT2D eigenvalue weighted by Crippen LogP contribution is 2.65. The maximum absolute atomic E-state index is 11.7. The van der Waals surface area contributed by atoms with E-state index in [0.717, 1.165) is 24.2 Å². The molecule has 7 atom stereocenters. The van der Waals surface area contributed by atoms with Crippen LogP contribution in [0.3, 0.4) is 0 Å². The van der Waals surface area contributed by atoms with Gasteiger partial charge in [-0.15, -0.1) is 6.58 Å². The third-order valence-electron chi connectivity index (χ3n) is 8.04. The number of carbonyl (C=O) groups excluding carboxylic acids is 1. The van der Waals surface area contributed by atoms with Crippen molar-refractivity contribution in [3.05, 3.63) is 24.8 Å². The molecule has 1 aliphatic heterocycles. The van der Waals surface area contributed by atoms with E-state index in [2.05, 4.69) is 37.9 Å². The number of nitrogens with one attached hydrogen (secondary N) is 1. The molecule has 3 fully saturated rings. The van der Waals surface area contributed by atoms with Gasteiger partial charge in [-0.3, -0.25) is 4.79 Å². The summed E-state index contributed by atoms with van der Waals surface area (Å²) >= 11 is 0. The fourth-order valence-electron chi connectivity index (χ4n) is 6.76. The van der Waals surface area contributed by atoms with Gasteiger partial charge < -0.3 is 5.32 Å². The zero-order chi connectivity index (χ0) is 15.5. The van der Waals surface area contributed by atoms with E-state index in [1.807, 2.05) is 0 Å². The highest BCUT2D eigenvalue weighted by atomic mass is 16.1. The van der Waals surface area contributed by atoms with Crippen molar-refractivity contribution in [2.24, 2.45) is 34.5 Å². The summed E-state index contributed by atoms with van der Waals surface area (Å²) in [4.78, 5) is 11.7. The first-order valence-corrected chi connectivity index (χ1v) is 9.11. The number of rotatable bonds is 1. The van der Waals surface area contributed by atoms with Crippen LogP contribution in [0.5, 0.6) is 0 Å². The summed E-state index contributed by atoms with van der Waals surface area (Å²) in [6, 6.07) is 0.354. The molecule has 0 aromatic carbocycles. The van der Waals surface area contributed by atoms with Crippen molar-refractivity contribution in [3.8, 4) is 0 Å². The Balaban J connectivity index is 1.67. The fraction of sp³-hybridized carbons (Fsp3) is 0.750. The summed E-state index contributed by atoms with van der Waals surface area (Å²) in [7, 11) is 0. The lowest BCUT2D eigenvalue weighted by atomic mass is 9.48. The molecule has 1 amide bonds. The van der Waals surface area contributed by atoms with E-state index < -0.39 is 0 Å². The Kier molecular flexibility index (Phi) is 3.12. The smallest absolute Gasteiger partial charge is 0.243 e. The van der Waals surface area contributed by atoms with E-state index >= 15 is 0 Å². The van der Waals surface area contributed by atoms with Crippen LogP contribution >= 0.6 is 0 Å². The van der Waals surface area contributed by atoms with Gasteiger partial charge in [-0.05, 0) is 73.7 Å². The van der Waals surface area contributed by atoms with Crippen LogP contribution in [0.15, 0.2) is 24.8 Å². The molecule has 0 saturated heterocycles. The first kappa shape index (κ1) is 14.5. The number of carbonyl (C=O) groups is 1. The van der Waals surface area contributed by atoms with Gasteiger partial charge in [0.25, 0.3) is 0 Å². The molecule has 0 radical (unpaired) electrons. The highest BCUT2D eigenvalue weighted by Gasteiger charge is 2.59. The summed E-state index contributed by atoms with van der Waals surface area (Å²) < 4.78 is 0. The second-order valence-electron chi connectivity index (χ2n) is 8.68. The zero-order valence-electron chi connectivity index (χ0n) is 14.0. The molecule has 1 N–H and O–H groups in total. The van der Waals surface area contributed by atoms with E-state index in [0.29, 0.717) is 17.4 Å². The lowest BCUT2D eigenvalue weighted by Crippen LogP contribution is -2.59. The average Bonchev–Trinajstić information content (AvgIpc) is 2.84. The summed E-state index contributed by atoms with van der Waals surface area (Å²) in [6.07, 6.45) is 14.1. The lowest BCUT2D eigenvalue weighted by molar-refractivity contribution is -0.122. The second kappa shape index (κ2) is 4.72. The minimum absolute atomic E-state index is 0.106. The molecule has 2 nitrogen and oxygen atoms in total. The molecule has 3 aliphatic carbocycles. The molecule has 0 bridgehead atoms. The lowest BCUT2D eigenvalue weighted by Gasteiger charge is -2.58. The third-order valence-corrected chi connectivity index (χ3v) is 8.04. The normalized spacial score (nSPS) is 53.2. The highest BCUT2D eigenvalue weighted by molar-refractivity contribution is 5.89. The maximum Gasteiger partial charge on any atom is 0.243 e. The van der Waals surface area contributed by atoms with Gasteiger partial charge in [0.2, 0.25) is 5.91 Å². The molecule has 1 heterocycles. The van der Waals surface area contributed by atoms with E-state index in [4.69, 9.17) is 0 Å². The van der Waals surface area contributed by atoms with Crippen molar-refractivity contribution >= 4 is 5.91 Å². The molecule has 22 heavy (non-hydrogen) atoms. The van der Waals surface area contributed by atoms with Gasteiger partial charge in [0.15, 0.2) is 0 Å². The molecule has 120 valence electrons. The largest absolute Gasteiger partial charge is 0.349 e. The zero-order valence-corrected chi connectivity index (χ0v) is 14.0. The maximum atomic E-state index is 11.7. The SMILES string of the molecule is C=CC1CCC2C3CCC4NC(=O)C=CC4(C)C3CCC12C. The van der Waals surface area contributed by atoms with E-state index in [9.17, 15) is 4.79 Å². The van der Waals surface area contributed by atoms with Crippen molar-refractivity contribution in [1.29, 1.82) is 0 Å². The quantitative estimate of drug-likeness (QED) is 0.726. The van der Waals surface area contributed by atoms with Crippen molar-refractivity contribution in [2.45, 2.75) is 58.4 Å². The Hall–Kier alpha value is -1.05. The van der Waals surface area contributed by atoms with Gasteiger partial charge in [0, 0.05) is 11.5 Å². The number of fused-ring (bicyclic) bond motifs is 5. The molecule has 7 unspecified atom stereocenters. The monoisotopic (exact) mass is 299 g/mol. The Morgan fingerprint density at radius 3 is 2.77 bits per heavy atom. The van der Waals surface area contributed by atoms with Crippen LogP contribution in [0.25, 0.3) is 0 Å². The molecule has 3 saturated carbocycles. The number of amides is 1. The molecule has 4 rings (SSSR count). The predicted molar refractivity (Wildman–Crippen MR) is 89.1 cm³/mol. The van der Waals surface area contributed by atoms with Gasteiger partial charge in [-0.1, -0.05) is 26.0 Å². The Morgan fingerprint density at radius 1 is 1.18 bits per heavy atom. The Morgan fingerprint density at radius 2 is 2.00 bits per heavy atom. The summed E-state index contributed by atoms with van der Waals surface area (Å²) in [5.74, 6) is 3.26. The molecule has 0 aromatic heterocycles. The molecule has 0 aromatic rings. The number of allylic oxidation sites excluding steroid dienone is 1. The first-order chi connectivity index (χ1) is 10.5. The molecular formula is C20H29NO. The van der Waals surface area contributed by atoms with Crippen molar-refractivity contribution in [3.63, 3.8) is 0 Å². The van der Waals surface area contributed by atoms with Gasteiger partial charge in [0.05, 0.1) is 0 Å². The van der Waals surface area contributed by atoms with E-state index in [-0.39, 0.29) is 11.3 Å². The van der Waals surface area contributed by atoms with Crippen molar-refractivity contribution in [1.82, 2.24) is 5.32 Å². The van der Waals surface area contributed by atoms with Crippen LogP contribution in [0, 0.1) is 34.5 Å². The van der Waals surface area contributed by atoms with Gasteiger partial charge in [-0.2, -0.15) is 0 Å². The van der Waals surface area contributed by atoms with Crippen LogP contribution in [-0.2, 0) is 4.79 Å². The molecule has 0 spiro atoms. The molecule has 2 heteroatoms. The minimum atomic E-state index is 0.106. The van der Waals surface area contributed by atoms with Crippen molar-refractivity contribution < 1.29 is 4.79 Å².